The maximum absolute atomic E-state index is 5.72. The fourth-order valence-corrected chi connectivity index (χ4v) is 1.93. The van der Waals surface area contributed by atoms with Gasteiger partial charge in [-0.1, -0.05) is 12.1 Å². The second-order valence-electron chi connectivity index (χ2n) is 4.62. The summed E-state index contributed by atoms with van der Waals surface area (Å²) in [6.07, 6.45) is 7.74. The molecule has 3 rings (SSSR count). The van der Waals surface area contributed by atoms with Crippen molar-refractivity contribution in [1.29, 1.82) is 0 Å². The Morgan fingerprint density at radius 3 is 2.58 bits per heavy atom. The predicted octanol–water partition coefficient (Wildman–Crippen LogP) is 1.57. The molecular weight excluding hydrogens is 240 g/mol. The highest BCUT2D eigenvalue weighted by atomic mass is 16.5. The molecule has 1 aromatic carbocycles. The van der Waals surface area contributed by atoms with Crippen LogP contribution in [-0.2, 0) is 0 Å². The van der Waals surface area contributed by atoms with Crippen molar-refractivity contribution in [3.63, 3.8) is 0 Å². The molecule has 0 radical (unpaired) electrons. The van der Waals surface area contributed by atoms with Crippen LogP contribution >= 0.6 is 0 Å². The van der Waals surface area contributed by atoms with Gasteiger partial charge in [0, 0.05) is 12.4 Å². The summed E-state index contributed by atoms with van der Waals surface area (Å²) < 4.78 is 5.72. The van der Waals surface area contributed by atoms with Crippen LogP contribution in [0.25, 0.3) is 0 Å². The molecule has 1 fully saturated rings. The Morgan fingerprint density at radius 2 is 2.00 bits per heavy atom. The number of benzene rings is 1. The molecule has 1 atom stereocenters. The number of hydrogen-bond donors (Lipinski definition) is 2. The molecule has 0 spiro atoms. The highest BCUT2D eigenvalue weighted by molar-refractivity contribution is 5.32. The van der Waals surface area contributed by atoms with Crippen molar-refractivity contribution < 1.29 is 4.74 Å². The minimum atomic E-state index is -0.163. The number of aromatic nitrogens is 2. The van der Waals surface area contributed by atoms with Gasteiger partial charge in [0.25, 0.3) is 0 Å². The third-order valence-corrected chi connectivity index (χ3v) is 3.09. The van der Waals surface area contributed by atoms with Gasteiger partial charge >= 0.3 is 0 Å². The Labute approximate surface area is 111 Å². The molecule has 0 saturated heterocycles. The molecule has 1 aliphatic carbocycles. The van der Waals surface area contributed by atoms with Crippen LogP contribution in [0.15, 0.2) is 42.9 Å². The van der Waals surface area contributed by atoms with Crippen molar-refractivity contribution in [2.45, 2.75) is 25.0 Å². The van der Waals surface area contributed by atoms with Gasteiger partial charge in [-0.3, -0.25) is 15.8 Å². The molecule has 5 heteroatoms. The minimum Gasteiger partial charge on any atom is -0.490 e. The first-order valence-electron chi connectivity index (χ1n) is 6.35. The Balaban J connectivity index is 1.79. The molecule has 1 aromatic heterocycles. The summed E-state index contributed by atoms with van der Waals surface area (Å²) in [6, 6.07) is 7.76. The summed E-state index contributed by atoms with van der Waals surface area (Å²) in [5.74, 6) is 6.52. The van der Waals surface area contributed by atoms with E-state index in [1.807, 2.05) is 24.3 Å². The first-order chi connectivity index (χ1) is 9.36. The van der Waals surface area contributed by atoms with Crippen LogP contribution in [0.5, 0.6) is 5.75 Å². The van der Waals surface area contributed by atoms with E-state index in [-0.39, 0.29) is 6.04 Å². The molecule has 19 heavy (non-hydrogen) atoms. The van der Waals surface area contributed by atoms with E-state index in [1.54, 1.807) is 18.6 Å². The lowest BCUT2D eigenvalue weighted by molar-refractivity contribution is 0.303. The van der Waals surface area contributed by atoms with Crippen LogP contribution in [0, 0.1) is 0 Å². The molecule has 98 valence electrons. The normalized spacial score (nSPS) is 16.1. The molecule has 3 N–H and O–H groups in total. The largest absolute Gasteiger partial charge is 0.490 e. The lowest BCUT2D eigenvalue weighted by Gasteiger charge is -2.15. The molecule has 1 aliphatic rings. The summed E-state index contributed by atoms with van der Waals surface area (Å²) in [7, 11) is 0. The van der Waals surface area contributed by atoms with Gasteiger partial charge in [-0.15, -0.1) is 0 Å². The Kier molecular flexibility index (Phi) is 3.39. The number of nitrogens with one attached hydrogen (secondary N) is 1. The molecule has 2 aromatic rings. The number of rotatable bonds is 5. The van der Waals surface area contributed by atoms with E-state index < -0.39 is 0 Å². The van der Waals surface area contributed by atoms with Gasteiger partial charge in [0.2, 0.25) is 0 Å². The number of hydrogen-bond acceptors (Lipinski definition) is 5. The smallest absolute Gasteiger partial charge is 0.119 e. The zero-order valence-corrected chi connectivity index (χ0v) is 10.5. The summed E-state index contributed by atoms with van der Waals surface area (Å²) in [4.78, 5) is 8.33. The Bertz CT molecular complexity index is 525. The summed E-state index contributed by atoms with van der Waals surface area (Å²) >= 11 is 0. The van der Waals surface area contributed by atoms with Gasteiger partial charge in [-0.25, -0.2) is 5.43 Å². The van der Waals surface area contributed by atoms with Gasteiger partial charge in [0.15, 0.2) is 0 Å². The molecular formula is C14H16N4O. The van der Waals surface area contributed by atoms with Crippen LogP contribution in [0.4, 0.5) is 0 Å². The maximum Gasteiger partial charge on any atom is 0.119 e. The van der Waals surface area contributed by atoms with Crippen LogP contribution < -0.4 is 16.0 Å². The van der Waals surface area contributed by atoms with E-state index in [9.17, 15) is 0 Å². The van der Waals surface area contributed by atoms with Crippen LogP contribution in [0.3, 0.4) is 0 Å². The van der Waals surface area contributed by atoms with Gasteiger partial charge in [0.1, 0.15) is 5.75 Å². The summed E-state index contributed by atoms with van der Waals surface area (Å²) in [6.45, 7) is 0. The van der Waals surface area contributed by atoms with E-state index in [2.05, 4.69) is 15.4 Å². The SMILES string of the molecule is NNC(c1ccc(OC2CC2)cc1)c1cnccn1. The quantitative estimate of drug-likeness (QED) is 0.627. The molecule has 5 nitrogen and oxygen atoms in total. The summed E-state index contributed by atoms with van der Waals surface area (Å²) in [5, 5.41) is 0. The minimum absolute atomic E-state index is 0.163. The molecule has 0 bridgehead atoms. The predicted molar refractivity (Wildman–Crippen MR) is 71.3 cm³/mol. The van der Waals surface area contributed by atoms with E-state index in [0.717, 1.165) is 29.8 Å². The number of ether oxygens (including phenoxy) is 1. The molecule has 0 aliphatic heterocycles. The second-order valence-corrected chi connectivity index (χ2v) is 4.62. The Hall–Kier alpha value is -1.98. The first-order valence-corrected chi connectivity index (χ1v) is 6.35. The fourth-order valence-electron chi connectivity index (χ4n) is 1.93. The monoisotopic (exact) mass is 256 g/mol. The van der Waals surface area contributed by atoms with E-state index in [1.165, 1.54) is 0 Å². The number of nitrogens with zero attached hydrogens (tertiary/aromatic N) is 2. The third kappa shape index (κ3) is 2.89. The number of nitrogens with two attached hydrogens (primary N) is 1. The zero-order valence-electron chi connectivity index (χ0n) is 10.5. The topological polar surface area (TPSA) is 73.1 Å². The average Bonchev–Trinajstić information content (AvgIpc) is 3.27. The zero-order chi connectivity index (χ0) is 13.1. The fraction of sp³-hybridized carbons (Fsp3) is 0.286. The lowest BCUT2D eigenvalue weighted by Crippen LogP contribution is -2.29. The highest BCUT2D eigenvalue weighted by Gasteiger charge is 2.23. The van der Waals surface area contributed by atoms with E-state index in [0.29, 0.717) is 6.10 Å². The van der Waals surface area contributed by atoms with Crippen molar-refractivity contribution >= 4 is 0 Å². The van der Waals surface area contributed by atoms with Crippen molar-refractivity contribution in [2.24, 2.45) is 5.84 Å². The molecule has 0 amide bonds. The third-order valence-electron chi connectivity index (χ3n) is 3.09. The molecule has 1 heterocycles. The van der Waals surface area contributed by atoms with E-state index >= 15 is 0 Å². The number of hydrazine groups is 1. The Morgan fingerprint density at radius 1 is 1.21 bits per heavy atom. The maximum atomic E-state index is 5.72. The van der Waals surface area contributed by atoms with Gasteiger partial charge < -0.3 is 4.74 Å². The highest BCUT2D eigenvalue weighted by Crippen LogP contribution is 2.28. The van der Waals surface area contributed by atoms with Crippen molar-refractivity contribution in [2.75, 3.05) is 0 Å². The van der Waals surface area contributed by atoms with Crippen molar-refractivity contribution in [3.05, 3.63) is 54.1 Å². The summed E-state index contributed by atoms with van der Waals surface area (Å²) in [5.41, 5.74) is 4.59. The van der Waals surface area contributed by atoms with Crippen molar-refractivity contribution in [3.8, 4) is 5.75 Å². The van der Waals surface area contributed by atoms with Crippen LogP contribution in [0.2, 0.25) is 0 Å². The second kappa shape index (κ2) is 5.34. The van der Waals surface area contributed by atoms with Crippen LogP contribution in [-0.4, -0.2) is 16.1 Å². The first kappa shape index (κ1) is 12.1. The lowest BCUT2D eigenvalue weighted by atomic mass is 10.0. The van der Waals surface area contributed by atoms with Crippen LogP contribution in [0.1, 0.15) is 30.1 Å². The van der Waals surface area contributed by atoms with Crippen molar-refractivity contribution in [1.82, 2.24) is 15.4 Å². The van der Waals surface area contributed by atoms with E-state index in [4.69, 9.17) is 10.6 Å². The van der Waals surface area contributed by atoms with Gasteiger partial charge in [0.05, 0.1) is 24.0 Å². The van der Waals surface area contributed by atoms with Gasteiger partial charge in [-0.05, 0) is 30.5 Å². The standard InChI is InChI=1S/C14H16N4O/c15-18-14(13-9-16-7-8-17-13)10-1-3-11(4-2-10)19-12-5-6-12/h1-4,7-9,12,14,18H,5-6,15H2. The average molecular weight is 256 g/mol. The molecule has 1 unspecified atom stereocenters. The van der Waals surface area contributed by atoms with Gasteiger partial charge in [-0.2, -0.15) is 0 Å². The molecule has 1 saturated carbocycles.